The van der Waals surface area contributed by atoms with Gasteiger partial charge in [0.2, 0.25) is 0 Å². The Labute approximate surface area is 144 Å². The molecule has 4 rings (SSSR count). The second-order valence-electron chi connectivity index (χ2n) is 5.65. The Hall–Kier alpha value is -2.32. The second-order valence-corrected chi connectivity index (χ2v) is 6.68. The zero-order valence-electron chi connectivity index (χ0n) is 13.2. The van der Waals surface area contributed by atoms with Gasteiger partial charge in [-0.3, -0.25) is 4.90 Å². The highest BCUT2D eigenvalue weighted by Gasteiger charge is 2.19. The van der Waals surface area contributed by atoms with Crippen LogP contribution in [0.4, 0.5) is 0 Å². The highest BCUT2D eigenvalue weighted by molar-refractivity contribution is 7.09. The van der Waals surface area contributed by atoms with Crippen molar-refractivity contribution in [3.63, 3.8) is 0 Å². The highest BCUT2D eigenvalue weighted by atomic mass is 32.1. The van der Waals surface area contributed by atoms with Crippen LogP contribution < -0.4 is 4.74 Å². The lowest BCUT2D eigenvalue weighted by atomic mass is 10.3. The lowest BCUT2D eigenvalue weighted by Crippen LogP contribution is -2.26. The minimum Gasteiger partial charge on any atom is -0.482 e. The van der Waals surface area contributed by atoms with Crippen LogP contribution in [-0.2, 0) is 26.1 Å². The van der Waals surface area contributed by atoms with E-state index in [0.29, 0.717) is 12.4 Å². The van der Waals surface area contributed by atoms with Gasteiger partial charge in [-0.25, -0.2) is 9.97 Å². The topological polar surface area (TPSA) is 69.0 Å². The van der Waals surface area contributed by atoms with Gasteiger partial charge in [0.1, 0.15) is 18.8 Å². The molecule has 0 bridgehead atoms. The summed E-state index contributed by atoms with van der Waals surface area (Å²) in [5.74, 6) is 2.53. The van der Waals surface area contributed by atoms with Gasteiger partial charge in [-0.05, 0) is 11.4 Å². The van der Waals surface area contributed by atoms with Crippen LogP contribution in [0.5, 0.6) is 5.75 Å². The third kappa shape index (κ3) is 3.44. The average Bonchev–Trinajstić information content (AvgIpc) is 3.21. The van der Waals surface area contributed by atoms with Crippen molar-refractivity contribution < 1.29 is 4.74 Å². The normalized spacial score (nSPS) is 15.0. The molecule has 0 spiro atoms. The van der Waals surface area contributed by atoms with Gasteiger partial charge in [-0.2, -0.15) is 0 Å². The summed E-state index contributed by atoms with van der Waals surface area (Å²) in [5, 5.41) is 10.8. The van der Waals surface area contributed by atoms with Crippen molar-refractivity contribution in [3.8, 4) is 5.75 Å². The van der Waals surface area contributed by atoms with Crippen molar-refractivity contribution in [2.24, 2.45) is 0 Å². The van der Waals surface area contributed by atoms with Crippen LogP contribution in [0, 0.1) is 0 Å². The lowest BCUT2D eigenvalue weighted by Gasteiger charge is -2.18. The summed E-state index contributed by atoms with van der Waals surface area (Å²) in [6.45, 7) is 4.26. The SMILES string of the molecule is c1csc(CN2CCc3nnc(COc4cncnc4)n3CC2)c1. The fourth-order valence-corrected chi connectivity index (χ4v) is 3.57. The monoisotopic (exact) mass is 342 g/mol. The first-order valence-electron chi connectivity index (χ1n) is 7.92. The molecule has 8 heteroatoms. The summed E-state index contributed by atoms with van der Waals surface area (Å²) in [6.07, 6.45) is 5.69. The van der Waals surface area contributed by atoms with Crippen molar-refractivity contribution >= 4 is 11.3 Å². The van der Waals surface area contributed by atoms with Gasteiger partial charge < -0.3 is 9.30 Å². The van der Waals surface area contributed by atoms with E-state index < -0.39 is 0 Å². The summed E-state index contributed by atoms with van der Waals surface area (Å²) >= 11 is 1.81. The molecule has 1 aliphatic rings. The van der Waals surface area contributed by atoms with Crippen LogP contribution in [0.2, 0.25) is 0 Å². The molecule has 0 saturated carbocycles. The Morgan fingerprint density at radius 3 is 2.88 bits per heavy atom. The van der Waals surface area contributed by atoms with E-state index in [1.807, 2.05) is 11.3 Å². The molecule has 0 amide bonds. The first-order valence-corrected chi connectivity index (χ1v) is 8.80. The first-order chi connectivity index (χ1) is 11.9. The van der Waals surface area contributed by atoms with Gasteiger partial charge in [0.15, 0.2) is 11.6 Å². The predicted octanol–water partition coefficient (Wildman–Crippen LogP) is 1.77. The van der Waals surface area contributed by atoms with Crippen LogP contribution in [0.1, 0.15) is 16.5 Å². The number of fused-ring (bicyclic) bond motifs is 1. The molecule has 124 valence electrons. The Balaban J connectivity index is 1.40. The molecule has 0 radical (unpaired) electrons. The fourth-order valence-electron chi connectivity index (χ4n) is 2.82. The summed E-state index contributed by atoms with van der Waals surface area (Å²) < 4.78 is 7.89. The van der Waals surface area contributed by atoms with Gasteiger partial charge in [0, 0.05) is 37.5 Å². The van der Waals surface area contributed by atoms with E-state index in [2.05, 4.69) is 47.1 Å². The van der Waals surface area contributed by atoms with E-state index in [4.69, 9.17) is 4.74 Å². The van der Waals surface area contributed by atoms with Crippen LogP contribution in [0.25, 0.3) is 0 Å². The van der Waals surface area contributed by atoms with Crippen molar-refractivity contribution in [2.75, 3.05) is 13.1 Å². The van der Waals surface area contributed by atoms with E-state index in [9.17, 15) is 0 Å². The van der Waals surface area contributed by atoms with E-state index in [1.165, 1.54) is 11.2 Å². The van der Waals surface area contributed by atoms with Gasteiger partial charge in [0.05, 0.1) is 12.4 Å². The smallest absolute Gasteiger partial charge is 0.171 e. The summed E-state index contributed by atoms with van der Waals surface area (Å²) in [5.41, 5.74) is 0. The van der Waals surface area contributed by atoms with Crippen LogP contribution in [0.15, 0.2) is 36.2 Å². The third-order valence-corrected chi connectivity index (χ3v) is 4.92. The molecular formula is C16H18N6OS. The van der Waals surface area contributed by atoms with E-state index in [-0.39, 0.29) is 0 Å². The molecule has 3 aromatic heterocycles. The van der Waals surface area contributed by atoms with E-state index in [0.717, 1.165) is 44.2 Å². The van der Waals surface area contributed by atoms with E-state index in [1.54, 1.807) is 12.4 Å². The largest absolute Gasteiger partial charge is 0.482 e. The molecule has 0 N–H and O–H groups in total. The first kappa shape index (κ1) is 15.2. The minimum atomic E-state index is 0.380. The zero-order chi connectivity index (χ0) is 16.2. The number of thiophene rings is 1. The van der Waals surface area contributed by atoms with Gasteiger partial charge >= 0.3 is 0 Å². The molecule has 7 nitrogen and oxygen atoms in total. The molecule has 0 aliphatic carbocycles. The average molecular weight is 342 g/mol. The van der Waals surface area contributed by atoms with Crippen molar-refractivity contribution in [2.45, 2.75) is 26.1 Å². The molecular weight excluding hydrogens is 324 g/mol. The Morgan fingerprint density at radius 2 is 2.04 bits per heavy atom. The summed E-state index contributed by atoms with van der Waals surface area (Å²) in [7, 11) is 0. The maximum Gasteiger partial charge on any atom is 0.171 e. The number of rotatable bonds is 5. The Bertz CT molecular complexity index is 773. The highest BCUT2D eigenvalue weighted by Crippen LogP contribution is 2.16. The fraction of sp³-hybridized carbons (Fsp3) is 0.375. The molecule has 0 fully saturated rings. The quantitative estimate of drug-likeness (QED) is 0.704. The molecule has 0 unspecified atom stereocenters. The summed E-state index contributed by atoms with van der Waals surface area (Å²) in [6, 6.07) is 4.30. The number of hydrogen-bond donors (Lipinski definition) is 0. The van der Waals surface area contributed by atoms with E-state index >= 15 is 0 Å². The third-order valence-electron chi connectivity index (χ3n) is 4.06. The van der Waals surface area contributed by atoms with Gasteiger partial charge in [-0.1, -0.05) is 6.07 Å². The molecule has 0 saturated heterocycles. The molecule has 1 aliphatic heterocycles. The number of ether oxygens (including phenoxy) is 1. The molecule has 0 aromatic carbocycles. The van der Waals surface area contributed by atoms with Crippen molar-refractivity contribution in [1.29, 1.82) is 0 Å². The van der Waals surface area contributed by atoms with Crippen LogP contribution >= 0.6 is 11.3 Å². The number of hydrogen-bond acceptors (Lipinski definition) is 7. The number of aromatic nitrogens is 5. The van der Waals surface area contributed by atoms with Gasteiger partial charge in [-0.15, -0.1) is 21.5 Å². The molecule has 3 aromatic rings. The summed E-state index contributed by atoms with van der Waals surface area (Å²) in [4.78, 5) is 11.8. The Morgan fingerprint density at radius 1 is 1.12 bits per heavy atom. The molecule has 24 heavy (non-hydrogen) atoms. The molecule has 0 atom stereocenters. The second kappa shape index (κ2) is 7.06. The maximum absolute atomic E-state index is 5.71. The zero-order valence-corrected chi connectivity index (χ0v) is 14.0. The minimum absolute atomic E-state index is 0.380. The van der Waals surface area contributed by atoms with Crippen molar-refractivity contribution in [1.82, 2.24) is 29.6 Å². The van der Waals surface area contributed by atoms with Crippen molar-refractivity contribution in [3.05, 3.63) is 52.8 Å². The van der Waals surface area contributed by atoms with Crippen LogP contribution in [-0.4, -0.2) is 42.7 Å². The standard InChI is InChI=1S/C16H18N6OS/c1-2-14(24-7-1)10-21-4-3-15-19-20-16(22(15)6-5-21)11-23-13-8-17-12-18-9-13/h1-2,7-9,12H,3-6,10-11H2. The van der Waals surface area contributed by atoms with Gasteiger partial charge in [0.25, 0.3) is 0 Å². The molecule has 4 heterocycles. The number of nitrogens with zero attached hydrogens (tertiary/aromatic N) is 6. The lowest BCUT2D eigenvalue weighted by molar-refractivity contribution is 0.263. The maximum atomic E-state index is 5.71. The van der Waals surface area contributed by atoms with Crippen LogP contribution in [0.3, 0.4) is 0 Å². The Kier molecular flexibility index (Phi) is 4.48. The predicted molar refractivity (Wildman–Crippen MR) is 89.7 cm³/mol.